The number of benzene rings is 2. The number of carbonyl (C=O) groups excluding carboxylic acids is 1. The van der Waals surface area contributed by atoms with Gasteiger partial charge in [0.1, 0.15) is 17.2 Å². The van der Waals surface area contributed by atoms with Crippen LogP contribution in [0.1, 0.15) is 36.8 Å². The van der Waals surface area contributed by atoms with Crippen molar-refractivity contribution >= 4 is 5.97 Å². The molecule has 25 heavy (non-hydrogen) atoms. The van der Waals surface area contributed by atoms with Gasteiger partial charge in [-0.25, -0.2) is 0 Å². The van der Waals surface area contributed by atoms with Gasteiger partial charge in [-0.2, -0.15) is 0 Å². The maximum Gasteiger partial charge on any atom is 0.312 e. The number of esters is 1. The van der Waals surface area contributed by atoms with Gasteiger partial charge in [-0.05, 0) is 24.1 Å². The Balaban J connectivity index is 2.08. The monoisotopic (exact) mass is 344 g/mol. The van der Waals surface area contributed by atoms with E-state index in [4.69, 9.17) is 14.2 Å². The van der Waals surface area contributed by atoms with Crippen LogP contribution in [0.5, 0.6) is 28.7 Å². The number of phenols is 2. The van der Waals surface area contributed by atoms with E-state index in [-0.39, 0.29) is 29.6 Å². The molecule has 0 unspecified atom stereocenters. The minimum Gasteiger partial charge on any atom is -0.508 e. The van der Waals surface area contributed by atoms with Gasteiger partial charge in [0.2, 0.25) is 0 Å². The molecule has 1 heterocycles. The van der Waals surface area contributed by atoms with Crippen molar-refractivity contribution in [3.8, 4) is 28.7 Å². The smallest absolute Gasteiger partial charge is 0.312 e. The van der Waals surface area contributed by atoms with Gasteiger partial charge in [0.15, 0.2) is 11.5 Å². The molecule has 1 atom stereocenters. The molecule has 2 aromatic carbocycles. The first kappa shape index (κ1) is 17.0. The van der Waals surface area contributed by atoms with Crippen LogP contribution in [0.4, 0.5) is 0 Å². The second kappa shape index (κ2) is 6.93. The molecule has 0 amide bonds. The standard InChI is InChI=1S/C19H20O6/c1-3-6-24-15-7-11(4-5-14(15)21)13-10-18(22)25-17-9-12(20)8-16(23-2)19(13)17/h4-5,7-9,13,20-21H,3,6,10H2,1-2H3/t13-/m1/s1. The highest BCUT2D eigenvalue weighted by Crippen LogP contribution is 2.47. The molecule has 0 spiro atoms. The zero-order valence-corrected chi connectivity index (χ0v) is 14.1. The molecule has 0 aromatic heterocycles. The Morgan fingerprint density at radius 1 is 1.20 bits per heavy atom. The molecular formula is C19H20O6. The van der Waals surface area contributed by atoms with Crippen molar-refractivity contribution < 1.29 is 29.2 Å². The highest BCUT2D eigenvalue weighted by Gasteiger charge is 2.32. The molecular weight excluding hydrogens is 324 g/mol. The van der Waals surface area contributed by atoms with Crippen molar-refractivity contribution in [2.45, 2.75) is 25.7 Å². The number of hydrogen-bond donors (Lipinski definition) is 2. The SMILES string of the molecule is CCCOc1cc([C@H]2CC(=O)Oc3cc(O)cc(OC)c32)ccc1O. The fraction of sp³-hybridized carbons (Fsp3) is 0.316. The van der Waals surface area contributed by atoms with Crippen LogP contribution in [0.2, 0.25) is 0 Å². The Bertz CT molecular complexity index is 799. The van der Waals surface area contributed by atoms with Crippen LogP contribution in [0.15, 0.2) is 30.3 Å². The Kier molecular flexibility index (Phi) is 4.70. The Morgan fingerprint density at radius 2 is 2.00 bits per heavy atom. The second-order valence-corrected chi connectivity index (χ2v) is 5.87. The highest BCUT2D eigenvalue weighted by molar-refractivity contribution is 5.79. The second-order valence-electron chi connectivity index (χ2n) is 5.87. The summed E-state index contributed by atoms with van der Waals surface area (Å²) in [4.78, 5) is 12.0. The third kappa shape index (κ3) is 3.33. The van der Waals surface area contributed by atoms with Gasteiger partial charge in [-0.15, -0.1) is 0 Å². The van der Waals surface area contributed by atoms with Crippen LogP contribution >= 0.6 is 0 Å². The third-order valence-electron chi connectivity index (χ3n) is 4.10. The Hall–Kier alpha value is -2.89. The van der Waals surface area contributed by atoms with Gasteiger partial charge >= 0.3 is 5.97 Å². The number of aromatic hydroxyl groups is 2. The van der Waals surface area contributed by atoms with Crippen LogP contribution in [-0.2, 0) is 4.79 Å². The van der Waals surface area contributed by atoms with Crippen LogP contribution in [-0.4, -0.2) is 29.9 Å². The van der Waals surface area contributed by atoms with Gasteiger partial charge in [0.05, 0.1) is 20.1 Å². The van der Waals surface area contributed by atoms with Crippen molar-refractivity contribution in [3.63, 3.8) is 0 Å². The molecule has 0 saturated carbocycles. The van der Waals surface area contributed by atoms with Crippen molar-refractivity contribution in [1.29, 1.82) is 0 Å². The zero-order chi connectivity index (χ0) is 18.0. The van der Waals surface area contributed by atoms with E-state index in [9.17, 15) is 15.0 Å². The number of methoxy groups -OCH3 is 1. The predicted molar refractivity (Wildman–Crippen MR) is 90.6 cm³/mol. The van der Waals surface area contributed by atoms with Crippen molar-refractivity contribution in [2.24, 2.45) is 0 Å². The lowest BCUT2D eigenvalue weighted by atomic mass is 9.85. The molecule has 132 valence electrons. The summed E-state index contributed by atoms with van der Waals surface area (Å²) in [5, 5.41) is 19.8. The third-order valence-corrected chi connectivity index (χ3v) is 4.10. The Morgan fingerprint density at radius 3 is 2.72 bits per heavy atom. The van der Waals surface area contributed by atoms with E-state index in [0.717, 1.165) is 12.0 Å². The lowest BCUT2D eigenvalue weighted by molar-refractivity contribution is -0.135. The lowest BCUT2D eigenvalue weighted by Gasteiger charge is -2.27. The summed E-state index contributed by atoms with van der Waals surface area (Å²) in [6, 6.07) is 7.90. The van der Waals surface area contributed by atoms with Crippen molar-refractivity contribution in [2.75, 3.05) is 13.7 Å². The minimum absolute atomic E-state index is 0.0401. The number of hydrogen-bond acceptors (Lipinski definition) is 6. The summed E-state index contributed by atoms with van der Waals surface area (Å²) in [5.74, 6) is 0.386. The van der Waals surface area contributed by atoms with E-state index in [1.807, 2.05) is 6.92 Å². The van der Waals surface area contributed by atoms with E-state index in [1.54, 1.807) is 18.2 Å². The Labute approximate surface area is 145 Å². The van der Waals surface area contributed by atoms with Crippen LogP contribution < -0.4 is 14.2 Å². The summed E-state index contributed by atoms with van der Waals surface area (Å²) in [6.07, 6.45) is 0.946. The molecule has 2 N–H and O–H groups in total. The van der Waals surface area contributed by atoms with Gasteiger partial charge in [0.25, 0.3) is 0 Å². The predicted octanol–water partition coefficient (Wildman–Crippen LogP) is 3.34. The van der Waals surface area contributed by atoms with Crippen LogP contribution in [0.3, 0.4) is 0 Å². The fourth-order valence-corrected chi connectivity index (χ4v) is 2.98. The highest BCUT2D eigenvalue weighted by atomic mass is 16.5. The normalized spacial score (nSPS) is 16.1. The number of carbonyl (C=O) groups is 1. The molecule has 0 aliphatic carbocycles. The maximum absolute atomic E-state index is 12.0. The summed E-state index contributed by atoms with van der Waals surface area (Å²) >= 11 is 0. The number of rotatable bonds is 5. The molecule has 0 radical (unpaired) electrons. The maximum atomic E-state index is 12.0. The molecule has 6 heteroatoms. The molecule has 3 rings (SSSR count). The average molecular weight is 344 g/mol. The molecule has 0 bridgehead atoms. The van der Waals surface area contributed by atoms with E-state index >= 15 is 0 Å². The quantitative estimate of drug-likeness (QED) is 0.639. The molecule has 2 aromatic rings. The summed E-state index contributed by atoms with van der Waals surface area (Å²) in [7, 11) is 1.50. The summed E-state index contributed by atoms with van der Waals surface area (Å²) < 4.78 is 16.2. The average Bonchev–Trinajstić information content (AvgIpc) is 2.59. The molecule has 1 aliphatic heterocycles. The molecule has 1 aliphatic rings. The largest absolute Gasteiger partial charge is 0.508 e. The van der Waals surface area contributed by atoms with E-state index in [0.29, 0.717) is 23.7 Å². The van der Waals surface area contributed by atoms with Gasteiger partial charge in [-0.1, -0.05) is 13.0 Å². The first-order valence-corrected chi connectivity index (χ1v) is 8.10. The lowest BCUT2D eigenvalue weighted by Crippen LogP contribution is -2.21. The number of phenolic OH excluding ortho intramolecular Hbond substituents is 2. The molecule has 6 nitrogen and oxygen atoms in total. The van der Waals surface area contributed by atoms with Crippen LogP contribution in [0, 0.1) is 0 Å². The number of fused-ring (bicyclic) bond motifs is 1. The molecule has 0 saturated heterocycles. The first-order valence-electron chi connectivity index (χ1n) is 8.10. The van der Waals surface area contributed by atoms with Crippen molar-refractivity contribution in [1.82, 2.24) is 0 Å². The van der Waals surface area contributed by atoms with Gasteiger partial charge in [-0.3, -0.25) is 4.79 Å². The fourth-order valence-electron chi connectivity index (χ4n) is 2.98. The van der Waals surface area contributed by atoms with Gasteiger partial charge < -0.3 is 24.4 Å². The summed E-state index contributed by atoms with van der Waals surface area (Å²) in [5.41, 5.74) is 1.48. The van der Waals surface area contributed by atoms with Gasteiger partial charge in [0, 0.05) is 23.6 Å². The van der Waals surface area contributed by atoms with Crippen molar-refractivity contribution in [3.05, 3.63) is 41.5 Å². The zero-order valence-electron chi connectivity index (χ0n) is 14.1. The van der Waals surface area contributed by atoms with E-state index in [1.165, 1.54) is 19.2 Å². The first-order chi connectivity index (χ1) is 12.0. The topological polar surface area (TPSA) is 85.2 Å². The minimum atomic E-state index is -0.394. The summed E-state index contributed by atoms with van der Waals surface area (Å²) in [6.45, 7) is 2.46. The van der Waals surface area contributed by atoms with E-state index in [2.05, 4.69) is 0 Å². The van der Waals surface area contributed by atoms with Crippen LogP contribution in [0.25, 0.3) is 0 Å². The number of ether oxygens (including phenoxy) is 3. The van der Waals surface area contributed by atoms with E-state index < -0.39 is 5.97 Å². The molecule has 0 fully saturated rings.